The Morgan fingerprint density at radius 1 is 0.933 bits per heavy atom. The average Bonchev–Trinajstić information content (AvgIpc) is 2.78. The Morgan fingerprint density at radius 3 is 2.67 bits per heavy atom. The Morgan fingerprint density at radius 2 is 1.80 bits per heavy atom. The minimum atomic E-state index is 0.726. The first-order chi connectivity index (χ1) is 7.45. The first-order valence-corrected chi connectivity index (χ1v) is 4.64. The van der Waals surface area contributed by atoms with Crippen molar-refractivity contribution in [1.82, 2.24) is 19.9 Å². The summed E-state index contributed by atoms with van der Waals surface area (Å²) < 4.78 is 0. The van der Waals surface area contributed by atoms with Crippen molar-refractivity contribution in [3.8, 4) is 11.4 Å². The minimum absolute atomic E-state index is 0.726. The van der Waals surface area contributed by atoms with Crippen molar-refractivity contribution in [3.05, 3.63) is 43.0 Å². The van der Waals surface area contributed by atoms with Gasteiger partial charge in [0.2, 0.25) is 0 Å². The first-order valence-electron chi connectivity index (χ1n) is 4.64. The van der Waals surface area contributed by atoms with Crippen LogP contribution in [-0.4, -0.2) is 19.9 Å². The van der Waals surface area contributed by atoms with E-state index in [2.05, 4.69) is 19.9 Å². The predicted octanol–water partition coefficient (Wildman–Crippen LogP) is 2.02. The van der Waals surface area contributed by atoms with Crippen molar-refractivity contribution >= 4 is 11.0 Å². The fraction of sp³-hybridized carbons (Fsp3) is 0. The summed E-state index contributed by atoms with van der Waals surface area (Å²) in [6.07, 6.45) is 7.09. The van der Waals surface area contributed by atoms with Crippen molar-refractivity contribution < 1.29 is 0 Å². The van der Waals surface area contributed by atoms with Gasteiger partial charge in [0, 0.05) is 35.7 Å². The summed E-state index contributed by atoms with van der Waals surface area (Å²) in [5, 5.41) is 1.05. The van der Waals surface area contributed by atoms with Crippen LogP contribution in [0.15, 0.2) is 43.0 Å². The molecule has 0 atom stereocenters. The molecule has 72 valence electrons. The molecule has 0 spiro atoms. The number of fused-ring (bicyclic) bond motifs is 1. The third-order valence-electron chi connectivity index (χ3n) is 2.27. The molecule has 4 heteroatoms. The Labute approximate surface area is 86.0 Å². The zero-order valence-corrected chi connectivity index (χ0v) is 7.88. The molecule has 0 radical (unpaired) electrons. The number of hydrogen-bond donors (Lipinski definition) is 1. The fourth-order valence-electron chi connectivity index (χ4n) is 1.59. The second-order valence-corrected chi connectivity index (χ2v) is 3.17. The van der Waals surface area contributed by atoms with Crippen LogP contribution in [0.2, 0.25) is 0 Å². The zero-order valence-electron chi connectivity index (χ0n) is 7.88. The van der Waals surface area contributed by atoms with Crippen LogP contribution in [0.25, 0.3) is 22.4 Å². The van der Waals surface area contributed by atoms with Crippen molar-refractivity contribution in [2.45, 2.75) is 0 Å². The largest absolute Gasteiger partial charge is 0.346 e. The van der Waals surface area contributed by atoms with Crippen LogP contribution in [-0.2, 0) is 0 Å². The van der Waals surface area contributed by atoms with Crippen LogP contribution in [0.5, 0.6) is 0 Å². The third-order valence-corrected chi connectivity index (χ3v) is 2.27. The maximum absolute atomic E-state index is 4.23. The molecule has 3 heterocycles. The smallest absolute Gasteiger partial charge is 0.159 e. The standard InChI is InChI=1S/C11H8N4/c1-4-12-10(13-5-1)8-2-6-14-11-9(8)3-7-15-11/h1-7H,(H,14,15). The molecule has 0 aromatic carbocycles. The number of H-pyrrole nitrogens is 1. The van der Waals surface area contributed by atoms with Gasteiger partial charge >= 0.3 is 0 Å². The van der Waals surface area contributed by atoms with E-state index in [4.69, 9.17) is 0 Å². The number of aromatic amines is 1. The summed E-state index contributed by atoms with van der Waals surface area (Å²) in [6.45, 7) is 0. The highest BCUT2D eigenvalue weighted by Crippen LogP contribution is 2.22. The molecule has 0 amide bonds. The highest BCUT2D eigenvalue weighted by atomic mass is 14.9. The molecule has 0 aliphatic carbocycles. The molecule has 0 saturated carbocycles. The van der Waals surface area contributed by atoms with E-state index >= 15 is 0 Å². The molecule has 3 aromatic rings. The molecule has 0 saturated heterocycles. The highest BCUT2D eigenvalue weighted by Gasteiger charge is 2.06. The number of pyridine rings is 1. The average molecular weight is 196 g/mol. The molecule has 0 aliphatic rings. The fourth-order valence-corrected chi connectivity index (χ4v) is 1.59. The first kappa shape index (κ1) is 8.11. The van der Waals surface area contributed by atoms with E-state index in [0.717, 1.165) is 22.4 Å². The van der Waals surface area contributed by atoms with Crippen molar-refractivity contribution in [2.24, 2.45) is 0 Å². The van der Waals surface area contributed by atoms with Crippen molar-refractivity contribution in [3.63, 3.8) is 0 Å². The van der Waals surface area contributed by atoms with Gasteiger partial charge < -0.3 is 4.98 Å². The van der Waals surface area contributed by atoms with E-state index in [0.29, 0.717) is 0 Å². The Bertz CT molecular complexity index is 586. The van der Waals surface area contributed by atoms with Gasteiger partial charge in [-0.2, -0.15) is 0 Å². The number of nitrogens with zero attached hydrogens (tertiary/aromatic N) is 3. The quantitative estimate of drug-likeness (QED) is 0.647. The van der Waals surface area contributed by atoms with E-state index in [9.17, 15) is 0 Å². The van der Waals surface area contributed by atoms with E-state index in [-0.39, 0.29) is 0 Å². The molecule has 0 aliphatic heterocycles. The van der Waals surface area contributed by atoms with E-state index < -0.39 is 0 Å². The maximum atomic E-state index is 4.23. The topological polar surface area (TPSA) is 54.5 Å². The van der Waals surface area contributed by atoms with Crippen LogP contribution < -0.4 is 0 Å². The van der Waals surface area contributed by atoms with Crippen LogP contribution in [0.3, 0.4) is 0 Å². The lowest BCUT2D eigenvalue weighted by atomic mass is 10.2. The monoisotopic (exact) mass is 196 g/mol. The Kier molecular flexibility index (Phi) is 1.71. The van der Waals surface area contributed by atoms with Gasteiger partial charge in [-0.05, 0) is 18.2 Å². The van der Waals surface area contributed by atoms with Gasteiger partial charge in [-0.1, -0.05) is 0 Å². The molecule has 0 fully saturated rings. The van der Waals surface area contributed by atoms with Crippen LogP contribution >= 0.6 is 0 Å². The Balaban J connectivity index is 2.31. The molecular weight excluding hydrogens is 188 g/mol. The predicted molar refractivity (Wildman–Crippen MR) is 57.1 cm³/mol. The molecular formula is C11H8N4. The summed E-state index contributed by atoms with van der Waals surface area (Å²) >= 11 is 0. The van der Waals surface area contributed by atoms with Crippen LogP contribution in [0.4, 0.5) is 0 Å². The number of aromatic nitrogens is 4. The summed E-state index contributed by atoms with van der Waals surface area (Å²) in [5.41, 5.74) is 1.86. The SMILES string of the molecule is c1cnc(-c2ccnc3[nH]ccc23)nc1. The lowest BCUT2D eigenvalue weighted by molar-refractivity contribution is 1.18. The van der Waals surface area contributed by atoms with Gasteiger partial charge in [0.05, 0.1) is 0 Å². The lowest BCUT2D eigenvalue weighted by Crippen LogP contribution is -1.88. The lowest BCUT2D eigenvalue weighted by Gasteiger charge is -1.99. The summed E-state index contributed by atoms with van der Waals surface area (Å²) in [6, 6.07) is 5.71. The van der Waals surface area contributed by atoms with E-state index in [1.807, 2.05) is 18.3 Å². The molecule has 1 N–H and O–H groups in total. The van der Waals surface area contributed by atoms with Gasteiger partial charge in [0.15, 0.2) is 5.82 Å². The maximum Gasteiger partial charge on any atom is 0.159 e. The molecule has 15 heavy (non-hydrogen) atoms. The van der Waals surface area contributed by atoms with Crippen molar-refractivity contribution in [2.75, 3.05) is 0 Å². The number of nitrogens with one attached hydrogen (secondary N) is 1. The summed E-state index contributed by atoms with van der Waals surface area (Å²) in [5.74, 6) is 0.726. The molecule has 0 bridgehead atoms. The van der Waals surface area contributed by atoms with Gasteiger partial charge in [-0.25, -0.2) is 15.0 Å². The zero-order chi connectivity index (χ0) is 10.1. The Hall–Kier alpha value is -2.23. The number of rotatable bonds is 1. The molecule has 4 nitrogen and oxygen atoms in total. The third kappa shape index (κ3) is 1.27. The molecule has 3 aromatic heterocycles. The van der Waals surface area contributed by atoms with Crippen LogP contribution in [0, 0.1) is 0 Å². The van der Waals surface area contributed by atoms with Crippen LogP contribution in [0.1, 0.15) is 0 Å². The van der Waals surface area contributed by atoms with Gasteiger partial charge in [-0.15, -0.1) is 0 Å². The minimum Gasteiger partial charge on any atom is -0.346 e. The van der Waals surface area contributed by atoms with Crippen molar-refractivity contribution in [1.29, 1.82) is 0 Å². The second kappa shape index (κ2) is 3.16. The van der Waals surface area contributed by atoms with Gasteiger partial charge in [0.25, 0.3) is 0 Å². The normalized spacial score (nSPS) is 10.7. The number of hydrogen-bond acceptors (Lipinski definition) is 3. The molecule has 0 unspecified atom stereocenters. The molecule has 3 rings (SSSR count). The van der Waals surface area contributed by atoms with Gasteiger partial charge in [-0.3, -0.25) is 0 Å². The summed E-state index contributed by atoms with van der Waals surface area (Å²) in [7, 11) is 0. The highest BCUT2D eigenvalue weighted by molar-refractivity contribution is 5.90. The second-order valence-electron chi connectivity index (χ2n) is 3.17. The van der Waals surface area contributed by atoms with Gasteiger partial charge in [0.1, 0.15) is 5.65 Å². The van der Waals surface area contributed by atoms with E-state index in [1.165, 1.54) is 0 Å². The van der Waals surface area contributed by atoms with E-state index in [1.54, 1.807) is 24.7 Å². The summed E-state index contributed by atoms with van der Waals surface area (Å²) in [4.78, 5) is 15.7.